The van der Waals surface area contributed by atoms with Gasteiger partial charge >= 0.3 is 0 Å². The van der Waals surface area contributed by atoms with Crippen LogP contribution >= 0.6 is 23.8 Å². The molecule has 0 saturated carbocycles. The quantitative estimate of drug-likeness (QED) is 0.346. The van der Waals surface area contributed by atoms with Crippen molar-refractivity contribution < 1.29 is 19.3 Å². The Morgan fingerprint density at radius 1 is 1.21 bits per heavy atom. The molecular formula is C19H22ClN3O4S. The topological polar surface area (TPSA) is 81.0 Å². The smallest absolute Gasteiger partial charge is 0.217 e. The zero-order valence-corrected chi connectivity index (χ0v) is 17.1. The van der Waals surface area contributed by atoms with Crippen molar-refractivity contribution >= 4 is 47.4 Å². The lowest BCUT2D eigenvalue weighted by atomic mass is 10.1. The van der Waals surface area contributed by atoms with Crippen LogP contribution in [-0.4, -0.2) is 59.8 Å². The van der Waals surface area contributed by atoms with Crippen LogP contribution in [0, 0.1) is 4.77 Å². The molecule has 1 aliphatic heterocycles. The largest absolute Gasteiger partial charge is 0.493 e. The Kier molecular flexibility index (Phi) is 7.27. The highest BCUT2D eigenvalue weighted by molar-refractivity contribution is 7.71. The average molecular weight is 424 g/mol. The van der Waals surface area contributed by atoms with Crippen LogP contribution in [0.4, 0.5) is 5.69 Å². The average Bonchev–Trinajstić information content (AvgIpc) is 3.21. The van der Waals surface area contributed by atoms with Crippen LogP contribution in [0.3, 0.4) is 0 Å². The third kappa shape index (κ3) is 4.82. The van der Waals surface area contributed by atoms with Crippen LogP contribution in [0.1, 0.15) is 11.3 Å². The lowest BCUT2D eigenvalue weighted by molar-refractivity contribution is 0.0411. The van der Waals surface area contributed by atoms with Gasteiger partial charge in [0.1, 0.15) is 23.7 Å². The Morgan fingerprint density at radius 2 is 1.96 bits per heavy atom. The number of hydrogen-bond acceptors (Lipinski definition) is 6. The summed E-state index contributed by atoms with van der Waals surface area (Å²) in [6, 6.07) is 5.74. The Morgan fingerprint density at radius 3 is 2.68 bits per heavy atom. The predicted molar refractivity (Wildman–Crippen MR) is 113 cm³/mol. The van der Waals surface area contributed by atoms with E-state index in [2.05, 4.69) is 9.98 Å². The van der Waals surface area contributed by atoms with Crippen molar-refractivity contribution in [3.8, 4) is 11.6 Å². The van der Waals surface area contributed by atoms with Crippen molar-refractivity contribution in [2.75, 3.05) is 38.9 Å². The number of aromatic amines is 1. The van der Waals surface area contributed by atoms with Crippen LogP contribution < -0.4 is 4.74 Å². The molecule has 0 saturated heterocycles. The number of aromatic hydroxyl groups is 1. The zero-order valence-electron chi connectivity index (χ0n) is 15.5. The number of halogens is 1. The summed E-state index contributed by atoms with van der Waals surface area (Å²) in [4.78, 5) is 7.44. The Bertz CT molecular complexity index is 936. The first kappa shape index (κ1) is 20.6. The molecule has 2 heterocycles. The minimum atomic E-state index is 0.0823. The number of imidazole rings is 1. The molecule has 0 unspecified atom stereocenters. The number of alkyl halides is 1. The molecule has 0 bridgehead atoms. The zero-order chi connectivity index (χ0) is 19.9. The molecule has 150 valence electrons. The maximum absolute atomic E-state index is 10.1. The number of para-hydroxylation sites is 1. The number of H-pyrrole nitrogens is 1. The molecule has 1 aromatic heterocycles. The van der Waals surface area contributed by atoms with Crippen molar-refractivity contribution in [1.82, 2.24) is 9.55 Å². The van der Waals surface area contributed by atoms with E-state index in [-0.39, 0.29) is 5.88 Å². The number of allylic oxidation sites excluding steroid dienone is 1. The van der Waals surface area contributed by atoms with Gasteiger partial charge in [0.2, 0.25) is 5.88 Å². The van der Waals surface area contributed by atoms with Gasteiger partial charge in [0.05, 0.1) is 26.4 Å². The van der Waals surface area contributed by atoms with Gasteiger partial charge in [-0.2, -0.15) is 0 Å². The molecule has 0 atom stereocenters. The minimum Gasteiger partial charge on any atom is -0.493 e. The molecule has 0 spiro atoms. The summed E-state index contributed by atoms with van der Waals surface area (Å²) in [5, 5.41) is 10.1. The number of aromatic nitrogens is 2. The van der Waals surface area contributed by atoms with Crippen molar-refractivity contribution in [3.63, 3.8) is 0 Å². The highest BCUT2D eigenvalue weighted by Crippen LogP contribution is 2.40. The Hall–Kier alpha value is -2.13. The fourth-order valence-corrected chi connectivity index (χ4v) is 3.00. The summed E-state index contributed by atoms with van der Waals surface area (Å²) in [5.74, 6) is 1.25. The Balaban J connectivity index is 1.61. The van der Waals surface area contributed by atoms with E-state index < -0.39 is 0 Å². The van der Waals surface area contributed by atoms with Crippen molar-refractivity contribution in [2.45, 2.75) is 0 Å². The van der Waals surface area contributed by atoms with Gasteiger partial charge in [-0.1, -0.05) is 12.1 Å². The van der Waals surface area contributed by atoms with E-state index in [1.54, 1.807) is 13.3 Å². The summed E-state index contributed by atoms with van der Waals surface area (Å²) in [5.41, 5.74) is 3.09. The van der Waals surface area contributed by atoms with Gasteiger partial charge in [-0.15, -0.1) is 11.6 Å². The highest BCUT2D eigenvalue weighted by Gasteiger charge is 2.18. The molecule has 7 nitrogen and oxygen atoms in total. The fraction of sp³-hybridized carbons (Fsp3) is 0.368. The molecule has 1 aliphatic rings. The normalized spacial score (nSPS) is 14.0. The van der Waals surface area contributed by atoms with Crippen molar-refractivity contribution in [3.05, 3.63) is 34.2 Å². The van der Waals surface area contributed by atoms with Gasteiger partial charge in [-0.3, -0.25) is 9.56 Å². The molecule has 0 aliphatic carbocycles. The van der Waals surface area contributed by atoms with Crippen LogP contribution in [0.25, 0.3) is 11.6 Å². The first-order valence-electron chi connectivity index (χ1n) is 8.83. The molecule has 0 fully saturated rings. The second-order valence-corrected chi connectivity index (χ2v) is 6.76. The highest BCUT2D eigenvalue weighted by atomic mass is 35.5. The molecule has 0 radical (unpaired) electrons. The fourth-order valence-electron chi connectivity index (χ4n) is 2.70. The van der Waals surface area contributed by atoms with E-state index in [0.29, 0.717) is 55.1 Å². The number of benzene rings is 1. The summed E-state index contributed by atoms with van der Waals surface area (Å²) >= 11 is 10.7. The maximum atomic E-state index is 10.1. The van der Waals surface area contributed by atoms with Crippen LogP contribution in [-0.2, 0) is 16.5 Å². The summed E-state index contributed by atoms with van der Waals surface area (Å²) < 4.78 is 18.5. The molecule has 0 amide bonds. The number of aliphatic imine (C=N–C) groups is 1. The molecular weight excluding hydrogens is 402 g/mol. The summed E-state index contributed by atoms with van der Waals surface area (Å²) in [7, 11) is 1.70. The number of rotatable bonds is 10. The van der Waals surface area contributed by atoms with Crippen molar-refractivity contribution in [2.24, 2.45) is 12.0 Å². The van der Waals surface area contributed by atoms with E-state index in [9.17, 15) is 5.11 Å². The van der Waals surface area contributed by atoms with E-state index in [1.807, 2.05) is 24.3 Å². The molecule has 3 rings (SSSR count). The minimum absolute atomic E-state index is 0.0823. The van der Waals surface area contributed by atoms with E-state index in [4.69, 9.17) is 38.0 Å². The third-order valence-electron chi connectivity index (χ3n) is 4.13. The third-order valence-corrected chi connectivity index (χ3v) is 4.66. The second-order valence-electron chi connectivity index (χ2n) is 6.00. The maximum Gasteiger partial charge on any atom is 0.217 e. The lowest BCUT2D eigenvalue weighted by Gasteiger charge is -2.10. The molecule has 2 aromatic rings. The van der Waals surface area contributed by atoms with Crippen molar-refractivity contribution in [1.29, 1.82) is 0 Å². The SMILES string of the molecule is Cn1c(O)c(C=C2C=Nc3c(OCCOCCOCCCl)cccc32)[nH]c1=S. The lowest BCUT2D eigenvalue weighted by Crippen LogP contribution is -2.11. The van der Waals surface area contributed by atoms with E-state index >= 15 is 0 Å². The number of hydrogen-bond donors (Lipinski definition) is 2. The van der Waals surface area contributed by atoms with E-state index in [1.165, 1.54) is 4.57 Å². The van der Waals surface area contributed by atoms with Gasteiger partial charge in [-0.25, -0.2) is 0 Å². The number of nitrogens with one attached hydrogen (secondary N) is 1. The Labute approximate surface area is 173 Å². The van der Waals surface area contributed by atoms with Gasteiger partial charge in [0.25, 0.3) is 0 Å². The van der Waals surface area contributed by atoms with Crippen LogP contribution in [0.15, 0.2) is 23.2 Å². The number of nitrogens with zero attached hydrogens (tertiary/aromatic N) is 2. The second kappa shape index (κ2) is 9.88. The number of fused-ring (bicyclic) bond motifs is 1. The van der Waals surface area contributed by atoms with Crippen LogP contribution in [0.2, 0.25) is 0 Å². The van der Waals surface area contributed by atoms with Gasteiger partial charge in [-0.05, 0) is 24.4 Å². The first-order valence-corrected chi connectivity index (χ1v) is 9.77. The monoisotopic (exact) mass is 423 g/mol. The standard InChI is InChI=1S/C19H22ClN3O4S/c1-23-18(24)15(22-19(23)28)11-13-12-21-17-14(13)3-2-4-16(17)27-10-9-26-8-7-25-6-5-20/h2-4,11-12,24H,5-10H2,1H3,(H,22,28). The number of ether oxygens (including phenoxy) is 3. The first-order chi connectivity index (χ1) is 13.6. The molecule has 28 heavy (non-hydrogen) atoms. The van der Waals surface area contributed by atoms with Crippen LogP contribution in [0.5, 0.6) is 11.6 Å². The summed E-state index contributed by atoms with van der Waals surface area (Å²) in [6.45, 7) is 2.40. The molecule has 2 N–H and O–H groups in total. The van der Waals surface area contributed by atoms with Gasteiger partial charge in [0, 0.05) is 30.3 Å². The van der Waals surface area contributed by atoms with E-state index in [0.717, 1.165) is 16.8 Å². The molecule has 1 aromatic carbocycles. The van der Waals surface area contributed by atoms with Gasteiger partial charge < -0.3 is 24.3 Å². The van der Waals surface area contributed by atoms with Gasteiger partial charge in [0.15, 0.2) is 4.77 Å². The molecule has 9 heteroatoms. The summed E-state index contributed by atoms with van der Waals surface area (Å²) in [6.07, 6.45) is 3.56. The predicted octanol–water partition coefficient (Wildman–Crippen LogP) is 3.70.